The maximum absolute atomic E-state index is 13.1. The molecule has 0 aromatic heterocycles. The van der Waals surface area contributed by atoms with Gasteiger partial charge in [0.05, 0.1) is 13.2 Å². The number of benzene rings is 2. The fraction of sp³-hybridized carbons (Fsp3) is 0.462. The van der Waals surface area contributed by atoms with Gasteiger partial charge in [-0.05, 0) is 30.4 Å². The van der Waals surface area contributed by atoms with Crippen molar-refractivity contribution < 1.29 is 14.6 Å². The summed E-state index contributed by atoms with van der Waals surface area (Å²) in [5.74, 6) is 0.0699. The summed E-state index contributed by atoms with van der Waals surface area (Å²) in [6.07, 6.45) is 4.62. The zero-order chi connectivity index (χ0) is 22.4. The molecule has 2 atom stereocenters. The third-order valence-electron chi connectivity index (χ3n) is 6.80. The van der Waals surface area contributed by atoms with Crippen LogP contribution in [-0.4, -0.2) is 41.6 Å². The Morgan fingerprint density at radius 3 is 2.41 bits per heavy atom. The van der Waals surface area contributed by atoms with E-state index in [1.807, 2.05) is 65.6 Å². The highest BCUT2D eigenvalue weighted by molar-refractivity contribution is 5.81. The van der Waals surface area contributed by atoms with Crippen LogP contribution in [0.4, 0.5) is 0 Å². The summed E-state index contributed by atoms with van der Waals surface area (Å²) in [4.78, 5) is 19.7. The fourth-order valence-electron chi connectivity index (χ4n) is 4.89. The predicted octanol–water partition coefficient (Wildman–Crippen LogP) is 3.44. The van der Waals surface area contributed by atoms with E-state index in [4.69, 9.17) is 10.5 Å². The van der Waals surface area contributed by atoms with E-state index in [0.717, 1.165) is 44.2 Å². The number of nitrogens with zero attached hydrogens (tertiary/aromatic N) is 2. The lowest BCUT2D eigenvalue weighted by Gasteiger charge is -2.32. The molecule has 1 unspecified atom stereocenters. The molecule has 6 heteroatoms. The van der Waals surface area contributed by atoms with Crippen LogP contribution in [0.25, 0.3) is 0 Å². The molecule has 0 bridgehead atoms. The van der Waals surface area contributed by atoms with Crippen molar-refractivity contribution in [1.82, 2.24) is 4.90 Å². The number of rotatable bonds is 7. The highest BCUT2D eigenvalue weighted by Gasteiger charge is 2.48. The second-order valence-corrected chi connectivity index (χ2v) is 8.97. The molecule has 0 amide bonds. The predicted molar refractivity (Wildman–Crippen MR) is 125 cm³/mol. The smallest absolute Gasteiger partial charge is 0.343 e. The second kappa shape index (κ2) is 10.2. The highest BCUT2D eigenvalue weighted by atomic mass is 16.5. The van der Waals surface area contributed by atoms with Gasteiger partial charge in [0.25, 0.3) is 0 Å². The Morgan fingerprint density at radius 1 is 1.06 bits per heavy atom. The van der Waals surface area contributed by atoms with Crippen molar-refractivity contribution >= 4 is 11.9 Å². The average molecular weight is 436 g/mol. The van der Waals surface area contributed by atoms with E-state index >= 15 is 0 Å². The summed E-state index contributed by atoms with van der Waals surface area (Å²) in [7, 11) is 0. The van der Waals surface area contributed by atoms with Crippen LogP contribution in [0.1, 0.15) is 43.2 Å². The molecular weight excluding hydrogens is 402 g/mol. The topological polar surface area (TPSA) is 88.1 Å². The van der Waals surface area contributed by atoms with Crippen molar-refractivity contribution in [2.75, 3.05) is 19.7 Å². The molecule has 1 heterocycles. The lowest BCUT2D eigenvalue weighted by Crippen LogP contribution is -2.44. The van der Waals surface area contributed by atoms with Crippen LogP contribution in [0, 0.1) is 11.8 Å². The molecular formula is C26H33N3O3. The number of carbonyl (C=O) groups is 1. The summed E-state index contributed by atoms with van der Waals surface area (Å²) in [6, 6.07) is 19.3. The van der Waals surface area contributed by atoms with E-state index in [-0.39, 0.29) is 18.4 Å². The van der Waals surface area contributed by atoms with Crippen molar-refractivity contribution in [3.63, 3.8) is 0 Å². The molecule has 170 valence electrons. The third kappa shape index (κ3) is 4.96. The maximum Gasteiger partial charge on any atom is 0.343 e. The monoisotopic (exact) mass is 435 g/mol. The van der Waals surface area contributed by atoms with Crippen molar-refractivity contribution in [3.05, 3.63) is 71.8 Å². The molecule has 0 spiro atoms. The first-order chi connectivity index (χ1) is 15.6. The third-order valence-corrected chi connectivity index (χ3v) is 6.80. The average Bonchev–Trinajstić information content (AvgIpc) is 3.54. The summed E-state index contributed by atoms with van der Waals surface area (Å²) < 4.78 is 5.72. The normalized spacial score (nSPS) is 21.5. The first kappa shape index (κ1) is 22.3. The summed E-state index contributed by atoms with van der Waals surface area (Å²) >= 11 is 0. The molecule has 2 aromatic carbocycles. The Kier molecular flexibility index (Phi) is 7.10. The number of guanidine groups is 1. The zero-order valence-electron chi connectivity index (χ0n) is 18.5. The van der Waals surface area contributed by atoms with Crippen molar-refractivity contribution in [2.24, 2.45) is 22.6 Å². The van der Waals surface area contributed by atoms with E-state index in [1.54, 1.807) is 0 Å². The zero-order valence-corrected chi connectivity index (χ0v) is 18.5. The first-order valence-corrected chi connectivity index (χ1v) is 11.6. The molecule has 1 aliphatic heterocycles. The number of hydrogen-bond acceptors (Lipinski definition) is 4. The van der Waals surface area contributed by atoms with Gasteiger partial charge in [-0.2, -0.15) is 0 Å². The Hall–Kier alpha value is -2.86. The van der Waals surface area contributed by atoms with E-state index in [0.29, 0.717) is 24.6 Å². The number of nitrogens with two attached hydrogens (primary N) is 1. The fourth-order valence-corrected chi connectivity index (χ4v) is 4.89. The minimum atomic E-state index is -1.58. The Balaban J connectivity index is 1.34. The second-order valence-electron chi connectivity index (χ2n) is 8.97. The number of likely N-dealkylation sites (tertiary alicyclic amines) is 1. The van der Waals surface area contributed by atoms with Crippen LogP contribution in [0.3, 0.4) is 0 Å². The van der Waals surface area contributed by atoms with E-state index in [9.17, 15) is 9.90 Å². The van der Waals surface area contributed by atoms with Crippen LogP contribution in [0.2, 0.25) is 0 Å². The molecule has 4 rings (SSSR count). The maximum atomic E-state index is 13.1. The minimum Gasteiger partial charge on any atom is -0.463 e. The lowest BCUT2D eigenvalue weighted by molar-refractivity contribution is -0.175. The molecule has 32 heavy (non-hydrogen) atoms. The SMILES string of the molecule is NC(=NCc1ccccc1)N1CCC(COC(=O)[C@](O)(c2ccccc2)C2CCCC2)C1. The van der Waals surface area contributed by atoms with Crippen LogP contribution in [-0.2, 0) is 21.7 Å². The Morgan fingerprint density at radius 2 is 1.72 bits per heavy atom. The quantitative estimate of drug-likeness (QED) is 0.395. The number of esters is 1. The molecule has 2 aliphatic rings. The van der Waals surface area contributed by atoms with E-state index in [1.165, 1.54) is 0 Å². The molecule has 1 saturated heterocycles. The van der Waals surface area contributed by atoms with Gasteiger partial charge in [-0.15, -0.1) is 0 Å². The minimum absolute atomic E-state index is 0.0989. The Bertz CT molecular complexity index is 912. The van der Waals surface area contributed by atoms with Crippen molar-refractivity contribution in [2.45, 2.75) is 44.2 Å². The van der Waals surface area contributed by atoms with Gasteiger partial charge in [-0.1, -0.05) is 73.5 Å². The van der Waals surface area contributed by atoms with Gasteiger partial charge in [0, 0.05) is 24.9 Å². The highest BCUT2D eigenvalue weighted by Crippen LogP contribution is 2.41. The summed E-state index contributed by atoms with van der Waals surface area (Å²) in [5.41, 5.74) is 6.37. The molecule has 3 N–H and O–H groups in total. The number of aliphatic hydroxyl groups is 1. The number of carbonyl (C=O) groups excluding carboxylic acids is 1. The van der Waals surface area contributed by atoms with Crippen LogP contribution >= 0.6 is 0 Å². The van der Waals surface area contributed by atoms with E-state index in [2.05, 4.69) is 4.99 Å². The molecule has 2 aromatic rings. The van der Waals surface area contributed by atoms with Crippen LogP contribution < -0.4 is 5.73 Å². The number of hydrogen-bond donors (Lipinski definition) is 2. The van der Waals surface area contributed by atoms with Crippen LogP contribution in [0.5, 0.6) is 0 Å². The van der Waals surface area contributed by atoms with Gasteiger partial charge in [0.2, 0.25) is 0 Å². The molecule has 0 radical (unpaired) electrons. The summed E-state index contributed by atoms with van der Waals surface area (Å²) in [5, 5.41) is 11.5. The molecule has 6 nitrogen and oxygen atoms in total. The first-order valence-electron chi connectivity index (χ1n) is 11.6. The van der Waals surface area contributed by atoms with E-state index < -0.39 is 11.6 Å². The van der Waals surface area contributed by atoms with Gasteiger partial charge < -0.3 is 20.5 Å². The van der Waals surface area contributed by atoms with Crippen molar-refractivity contribution in [1.29, 1.82) is 0 Å². The van der Waals surface area contributed by atoms with Gasteiger partial charge in [-0.25, -0.2) is 9.79 Å². The Labute approximate surface area is 190 Å². The van der Waals surface area contributed by atoms with Gasteiger partial charge in [0.15, 0.2) is 11.6 Å². The van der Waals surface area contributed by atoms with Gasteiger partial charge in [0.1, 0.15) is 0 Å². The van der Waals surface area contributed by atoms with Gasteiger partial charge >= 0.3 is 5.97 Å². The number of ether oxygens (including phenoxy) is 1. The lowest BCUT2D eigenvalue weighted by atomic mass is 9.80. The standard InChI is InChI=1S/C26H33N3O3/c27-25(28-17-20-9-3-1-4-10-20)29-16-15-21(18-29)19-32-24(30)26(31,23-13-7-8-14-23)22-11-5-2-6-12-22/h1-6,9-12,21,23,31H,7-8,13-19H2,(H2,27,28)/t21?,26-/m0/s1. The number of aliphatic imine (C=N–C) groups is 1. The molecule has 1 aliphatic carbocycles. The molecule has 2 fully saturated rings. The molecule has 1 saturated carbocycles. The van der Waals surface area contributed by atoms with Crippen molar-refractivity contribution in [3.8, 4) is 0 Å². The summed E-state index contributed by atoms with van der Waals surface area (Å²) in [6.45, 7) is 2.32. The van der Waals surface area contributed by atoms with Crippen LogP contribution in [0.15, 0.2) is 65.7 Å². The van der Waals surface area contributed by atoms with Gasteiger partial charge in [-0.3, -0.25) is 0 Å². The largest absolute Gasteiger partial charge is 0.463 e.